The summed E-state index contributed by atoms with van der Waals surface area (Å²) in [5, 5.41) is 0.998. The van der Waals surface area contributed by atoms with E-state index < -0.39 is 0 Å². The van der Waals surface area contributed by atoms with E-state index in [1.807, 2.05) is 12.1 Å². The van der Waals surface area contributed by atoms with E-state index in [0.29, 0.717) is 5.75 Å². The molecular weight excluding hydrogens is 275 g/mol. The number of pyridine rings is 1. The second-order valence-corrected chi connectivity index (χ2v) is 5.58. The monoisotopic (exact) mass is 288 g/mol. The van der Waals surface area contributed by atoms with Gasteiger partial charge in [0.05, 0.1) is 19.3 Å². The normalized spacial score (nSPS) is 12.6. The van der Waals surface area contributed by atoms with Crippen molar-refractivity contribution in [2.24, 2.45) is 5.73 Å². The van der Waals surface area contributed by atoms with Crippen LogP contribution in [0.2, 0.25) is 0 Å². The Kier molecular flexibility index (Phi) is 3.38. The van der Waals surface area contributed by atoms with Crippen LogP contribution in [0.1, 0.15) is 16.5 Å². The maximum absolute atomic E-state index is 13.2. The van der Waals surface area contributed by atoms with E-state index in [0.717, 1.165) is 20.5 Å². The maximum atomic E-state index is 13.2. The van der Waals surface area contributed by atoms with E-state index in [-0.39, 0.29) is 11.9 Å². The summed E-state index contributed by atoms with van der Waals surface area (Å²) in [5.41, 5.74) is 7.13. The van der Waals surface area contributed by atoms with Gasteiger partial charge in [-0.2, -0.15) is 0 Å². The molecule has 0 amide bonds. The molecule has 3 rings (SSSR count). The minimum absolute atomic E-state index is 0.234. The van der Waals surface area contributed by atoms with Crippen molar-refractivity contribution >= 4 is 21.4 Å². The molecule has 3 aromatic rings. The highest BCUT2D eigenvalue weighted by molar-refractivity contribution is 7.19. The van der Waals surface area contributed by atoms with Crippen molar-refractivity contribution < 1.29 is 9.13 Å². The van der Waals surface area contributed by atoms with E-state index in [1.165, 1.54) is 23.5 Å². The van der Waals surface area contributed by atoms with Crippen LogP contribution < -0.4 is 10.5 Å². The van der Waals surface area contributed by atoms with Crippen molar-refractivity contribution in [1.29, 1.82) is 0 Å². The van der Waals surface area contributed by atoms with Crippen molar-refractivity contribution in [2.45, 2.75) is 6.04 Å². The average molecular weight is 288 g/mol. The Morgan fingerprint density at radius 1 is 1.25 bits per heavy atom. The molecule has 0 aliphatic carbocycles. The molecule has 1 atom stereocenters. The van der Waals surface area contributed by atoms with Gasteiger partial charge in [0.15, 0.2) is 0 Å². The van der Waals surface area contributed by atoms with Gasteiger partial charge in [0.2, 0.25) is 0 Å². The molecule has 2 N–H and O–H groups in total. The van der Waals surface area contributed by atoms with Gasteiger partial charge in [-0.1, -0.05) is 6.07 Å². The number of nitrogens with zero attached hydrogens (tertiary/aromatic N) is 1. The molecule has 0 spiro atoms. The molecule has 0 bridgehead atoms. The lowest BCUT2D eigenvalue weighted by molar-refractivity contribution is 0.412. The summed E-state index contributed by atoms with van der Waals surface area (Å²) >= 11 is 1.49. The molecule has 3 nitrogen and oxygen atoms in total. The number of aromatic nitrogens is 1. The molecule has 0 aliphatic rings. The summed E-state index contributed by atoms with van der Waals surface area (Å²) in [6.07, 6.45) is 3.36. The van der Waals surface area contributed by atoms with Gasteiger partial charge in [-0.3, -0.25) is 4.98 Å². The highest BCUT2D eigenvalue weighted by Gasteiger charge is 2.14. The predicted octanol–water partition coefficient (Wildman–Crippen LogP) is 3.49. The van der Waals surface area contributed by atoms with Gasteiger partial charge < -0.3 is 10.5 Å². The zero-order valence-electron chi connectivity index (χ0n) is 10.8. The van der Waals surface area contributed by atoms with E-state index in [1.54, 1.807) is 25.6 Å². The first kappa shape index (κ1) is 13.0. The summed E-state index contributed by atoms with van der Waals surface area (Å²) in [7, 11) is 1.59. The fourth-order valence-electron chi connectivity index (χ4n) is 2.06. The zero-order valence-corrected chi connectivity index (χ0v) is 11.7. The molecule has 2 heterocycles. The van der Waals surface area contributed by atoms with E-state index in [2.05, 4.69) is 4.98 Å². The van der Waals surface area contributed by atoms with Crippen molar-refractivity contribution in [2.75, 3.05) is 7.11 Å². The van der Waals surface area contributed by atoms with Crippen LogP contribution >= 0.6 is 11.3 Å². The number of thiophene rings is 1. The first-order valence-corrected chi connectivity index (χ1v) is 6.92. The Bertz CT molecular complexity index is 756. The Balaban J connectivity index is 2.00. The molecule has 0 aliphatic heterocycles. The Hall–Kier alpha value is -1.98. The quantitative estimate of drug-likeness (QED) is 0.802. The minimum Gasteiger partial charge on any atom is -0.495 e. The van der Waals surface area contributed by atoms with Crippen LogP contribution in [0.5, 0.6) is 5.75 Å². The van der Waals surface area contributed by atoms with Crippen LogP contribution in [0.25, 0.3) is 10.1 Å². The third kappa shape index (κ3) is 2.37. The Labute approximate surface area is 119 Å². The van der Waals surface area contributed by atoms with Crippen LogP contribution in [0.15, 0.2) is 42.7 Å². The van der Waals surface area contributed by atoms with Crippen LogP contribution in [-0.4, -0.2) is 12.1 Å². The molecular formula is C15H13FN2OS. The van der Waals surface area contributed by atoms with Gasteiger partial charge in [-0.15, -0.1) is 11.3 Å². The lowest BCUT2D eigenvalue weighted by Gasteiger charge is -2.10. The fourth-order valence-corrected chi connectivity index (χ4v) is 3.18. The minimum atomic E-state index is -0.293. The number of hydrogen-bond donors (Lipinski definition) is 1. The number of nitrogens with two attached hydrogens (primary N) is 1. The highest BCUT2D eigenvalue weighted by Crippen LogP contribution is 2.32. The smallest absolute Gasteiger partial charge is 0.137 e. The largest absolute Gasteiger partial charge is 0.495 e. The van der Waals surface area contributed by atoms with Gasteiger partial charge in [0.1, 0.15) is 11.6 Å². The molecule has 20 heavy (non-hydrogen) atoms. The number of benzene rings is 1. The molecule has 0 fully saturated rings. The van der Waals surface area contributed by atoms with Crippen molar-refractivity contribution in [1.82, 2.24) is 4.98 Å². The summed E-state index contributed by atoms with van der Waals surface area (Å²) in [4.78, 5) is 5.08. The van der Waals surface area contributed by atoms with E-state index in [4.69, 9.17) is 10.5 Å². The number of hydrogen-bond acceptors (Lipinski definition) is 4. The summed E-state index contributed by atoms with van der Waals surface area (Å²) in [5.74, 6) is 0.438. The third-order valence-corrected chi connectivity index (χ3v) is 4.32. The Morgan fingerprint density at radius 3 is 2.90 bits per heavy atom. The molecule has 0 saturated carbocycles. The summed E-state index contributed by atoms with van der Waals surface area (Å²) < 4.78 is 19.3. The van der Waals surface area contributed by atoms with Crippen LogP contribution in [0.3, 0.4) is 0 Å². The number of fused-ring (bicyclic) bond motifs is 1. The first-order chi connectivity index (χ1) is 9.67. The molecule has 102 valence electrons. The fraction of sp³-hybridized carbons (Fsp3) is 0.133. The lowest BCUT2D eigenvalue weighted by Crippen LogP contribution is -2.10. The number of halogens is 1. The molecule has 1 unspecified atom stereocenters. The topological polar surface area (TPSA) is 48.1 Å². The van der Waals surface area contributed by atoms with Crippen molar-refractivity contribution in [3.63, 3.8) is 0 Å². The second-order valence-electron chi connectivity index (χ2n) is 4.47. The predicted molar refractivity (Wildman–Crippen MR) is 78.6 cm³/mol. The van der Waals surface area contributed by atoms with Crippen molar-refractivity contribution in [3.8, 4) is 5.75 Å². The lowest BCUT2D eigenvalue weighted by atomic mass is 10.1. The van der Waals surface area contributed by atoms with Gasteiger partial charge in [0.25, 0.3) is 0 Å². The van der Waals surface area contributed by atoms with Crippen LogP contribution in [-0.2, 0) is 0 Å². The molecule has 0 saturated heterocycles. The maximum Gasteiger partial charge on any atom is 0.137 e. The van der Waals surface area contributed by atoms with E-state index >= 15 is 0 Å². The van der Waals surface area contributed by atoms with Gasteiger partial charge >= 0.3 is 0 Å². The van der Waals surface area contributed by atoms with Crippen LogP contribution in [0, 0.1) is 5.82 Å². The van der Waals surface area contributed by atoms with Gasteiger partial charge in [-0.25, -0.2) is 4.39 Å². The standard InChI is InChI=1S/C15H13FN2OS/c1-19-12-4-10(7-18-8-12)15(17)14-5-9-2-3-11(16)6-13(9)20-14/h2-8,15H,17H2,1H3. The SMILES string of the molecule is COc1cncc(C(N)c2cc3ccc(F)cc3s2)c1. The average Bonchev–Trinajstić information content (AvgIpc) is 2.89. The zero-order chi connectivity index (χ0) is 14.1. The highest BCUT2D eigenvalue weighted by atomic mass is 32.1. The number of ether oxygens (including phenoxy) is 1. The Morgan fingerprint density at radius 2 is 2.10 bits per heavy atom. The van der Waals surface area contributed by atoms with Gasteiger partial charge in [0, 0.05) is 15.8 Å². The number of rotatable bonds is 3. The van der Waals surface area contributed by atoms with Crippen LogP contribution in [0.4, 0.5) is 4.39 Å². The molecule has 0 radical (unpaired) electrons. The summed E-state index contributed by atoms with van der Waals surface area (Å²) in [6, 6.07) is 8.31. The molecule has 2 aromatic heterocycles. The number of methoxy groups -OCH3 is 1. The van der Waals surface area contributed by atoms with Crippen molar-refractivity contribution in [3.05, 3.63) is 59.0 Å². The third-order valence-electron chi connectivity index (χ3n) is 3.14. The molecule has 5 heteroatoms. The summed E-state index contributed by atoms with van der Waals surface area (Å²) in [6.45, 7) is 0. The first-order valence-electron chi connectivity index (χ1n) is 6.11. The van der Waals surface area contributed by atoms with E-state index in [9.17, 15) is 4.39 Å². The molecule has 1 aromatic carbocycles. The van der Waals surface area contributed by atoms with Gasteiger partial charge in [-0.05, 0) is 35.2 Å². The second kappa shape index (κ2) is 5.19.